The number of anilines is 1. The minimum atomic E-state index is 0.0819. The lowest BCUT2D eigenvalue weighted by Gasteiger charge is -2.32. The number of amides is 2. The Balaban J connectivity index is 1.41. The first-order chi connectivity index (χ1) is 12.1. The molecule has 0 atom stereocenters. The molecule has 3 rings (SSSR count). The highest BCUT2D eigenvalue weighted by atomic mass is 16.5. The zero-order valence-electron chi connectivity index (χ0n) is 15.3. The first kappa shape index (κ1) is 17.8. The van der Waals surface area contributed by atoms with Crippen molar-refractivity contribution in [3.63, 3.8) is 0 Å². The van der Waals surface area contributed by atoms with E-state index in [0.29, 0.717) is 17.2 Å². The third kappa shape index (κ3) is 4.74. The van der Waals surface area contributed by atoms with E-state index in [0.717, 1.165) is 32.5 Å². The van der Waals surface area contributed by atoms with Crippen molar-refractivity contribution in [2.24, 2.45) is 5.41 Å². The Morgan fingerprint density at radius 1 is 1.40 bits per heavy atom. The van der Waals surface area contributed by atoms with Gasteiger partial charge in [-0.2, -0.15) is 4.98 Å². The molecule has 2 amide bonds. The van der Waals surface area contributed by atoms with E-state index in [9.17, 15) is 4.79 Å². The smallest absolute Gasteiger partial charge is 0.317 e. The van der Waals surface area contributed by atoms with Crippen molar-refractivity contribution in [3.8, 4) is 5.88 Å². The summed E-state index contributed by atoms with van der Waals surface area (Å²) in [6, 6.07) is 2.09. The van der Waals surface area contributed by atoms with Gasteiger partial charge in [-0.1, -0.05) is 13.3 Å². The molecule has 138 valence electrons. The third-order valence-corrected chi connectivity index (χ3v) is 5.31. The van der Waals surface area contributed by atoms with E-state index in [1.807, 2.05) is 4.90 Å². The Morgan fingerprint density at radius 2 is 2.16 bits per heavy atom. The van der Waals surface area contributed by atoms with Gasteiger partial charge in [-0.25, -0.2) is 9.78 Å². The number of piperidine rings is 1. The average molecular weight is 347 g/mol. The summed E-state index contributed by atoms with van der Waals surface area (Å²) in [4.78, 5) is 22.8. The van der Waals surface area contributed by atoms with Crippen molar-refractivity contribution in [2.45, 2.75) is 51.5 Å². The van der Waals surface area contributed by atoms with E-state index in [1.165, 1.54) is 25.7 Å². The van der Waals surface area contributed by atoms with Gasteiger partial charge in [-0.15, -0.1) is 0 Å². The zero-order chi connectivity index (χ0) is 17.7. The lowest BCUT2D eigenvalue weighted by atomic mass is 10.0. The second-order valence-electron chi connectivity index (χ2n) is 7.24. The molecule has 2 fully saturated rings. The molecular weight excluding hydrogens is 318 g/mol. The van der Waals surface area contributed by atoms with E-state index in [-0.39, 0.29) is 12.1 Å². The van der Waals surface area contributed by atoms with Crippen LogP contribution in [0.1, 0.15) is 45.4 Å². The van der Waals surface area contributed by atoms with Gasteiger partial charge in [-0.05, 0) is 37.5 Å². The van der Waals surface area contributed by atoms with Gasteiger partial charge in [0.05, 0.1) is 7.11 Å². The van der Waals surface area contributed by atoms with Crippen molar-refractivity contribution >= 4 is 12.0 Å². The highest BCUT2D eigenvalue weighted by Gasteiger charge is 2.41. The van der Waals surface area contributed by atoms with Crippen LogP contribution in [-0.2, 0) is 0 Å². The maximum Gasteiger partial charge on any atom is 0.317 e. The van der Waals surface area contributed by atoms with Crippen molar-refractivity contribution in [3.05, 3.63) is 12.3 Å². The number of likely N-dealkylation sites (tertiary alicyclic amines) is 1. The number of methoxy groups -OCH3 is 1. The van der Waals surface area contributed by atoms with Crippen LogP contribution in [0.5, 0.6) is 5.88 Å². The summed E-state index contributed by atoms with van der Waals surface area (Å²) in [6.07, 6.45) is 8.41. The fourth-order valence-corrected chi connectivity index (χ4v) is 3.53. The Kier molecular flexibility index (Phi) is 5.60. The van der Waals surface area contributed by atoms with Crippen LogP contribution in [0.15, 0.2) is 12.3 Å². The summed E-state index contributed by atoms with van der Waals surface area (Å²) in [7, 11) is 1.59. The number of urea groups is 1. The SMILES string of the molecule is CCCC1(CNC(=O)N2CCC(Nc3nccc(OC)n3)CC2)CC1. The van der Waals surface area contributed by atoms with Gasteiger partial charge in [0.25, 0.3) is 0 Å². The van der Waals surface area contributed by atoms with Crippen molar-refractivity contribution in [1.29, 1.82) is 0 Å². The molecule has 2 heterocycles. The zero-order valence-corrected chi connectivity index (χ0v) is 15.3. The summed E-state index contributed by atoms with van der Waals surface area (Å²) in [5, 5.41) is 6.48. The number of hydrogen-bond donors (Lipinski definition) is 2. The van der Waals surface area contributed by atoms with E-state index in [4.69, 9.17) is 4.74 Å². The summed E-state index contributed by atoms with van der Waals surface area (Å²) >= 11 is 0. The van der Waals surface area contributed by atoms with E-state index in [2.05, 4.69) is 27.5 Å². The number of hydrogen-bond acceptors (Lipinski definition) is 5. The molecule has 0 aromatic carbocycles. The molecule has 25 heavy (non-hydrogen) atoms. The maximum absolute atomic E-state index is 12.4. The van der Waals surface area contributed by atoms with Crippen LogP contribution in [0.25, 0.3) is 0 Å². The number of carbonyl (C=O) groups excluding carboxylic acids is 1. The monoisotopic (exact) mass is 347 g/mol. The van der Waals surface area contributed by atoms with Crippen molar-refractivity contribution < 1.29 is 9.53 Å². The first-order valence-electron chi connectivity index (χ1n) is 9.30. The number of aromatic nitrogens is 2. The predicted molar refractivity (Wildman–Crippen MR) is 96.8 cm³/mol. The van der Waals surface area contributed by atoms with E-state index < -0.39 is 0 Å². The maximum atomic E-state index is 12.4. The molecule has 1 saturated heterocycles. The number of rotatable bonds is 7. The minimum absolute atomic E-state index is 0.0819. The van der Waals surface area contributed by atoms with Crippen LogP contribution >= 0.6 is 0 Å². The molecule has 0 bridgehead atoms. The second kappa shape index (κ2) is 7.89. The predicted octanol–water partition coefficient (Wildman–Crippen LogP) is 2.65. The van der Waals surface area contributed by atoms with Crippen LogP contribution in [0.2, 0.25) is 0 Å². The van der Waals surface area contributed by atoms with Gasteiger partial charge in [0.1, 0.15) is 0 Å². The quantitative estimate of drug-likeness (QED) is 0.793. The Morgan fingerprint density at radius 3 is 2.80 bits per heavy atom. The number of ether oxygens (including phenoxy) is 1. The molecule has 1 aromatic rings. The van der Waals surface area contributed by atoms with Crippen molar-refractivity contribution in [1.82, 2.24) is 20.2 Å². The van der Waals surface area contributed by atoms with Gasteiger partial charge < -0.3 is 20.3 Å². The number of nitrogens with one attached hydrogen (secondary N) is 2. The Labute approximate surface area is 149 Å². The van der Waals surface area contributed by atoms with Gasteiger partial charge >= 0.3 is 6.03 Å². The van der Waals surface area contributed by atoms with Crippen LogP contribution in [0, 0.1) is 5.41 Å². The second-order valence-corrected chi connectivity index (χ2v) is 7.24. The summed E-state index contributed by atoms with van der Waals surface area (Å²) in [5.74, 6) is 1.13. The molecule has 1 saturated carbocycles. The molecular formula is C18H29N5O2. The standard InChI is InChI=1S/C18H29N5O2/c1-3-7-18(8-9-18)13-20-17(24)23-11-5-14(6-12-23)21-16-19-10-4-15(22-16)25-2/h4,10,14H,3,5-9,11-13H2,1-2H3,(H,20,24)(H,19,21,22). The highest BCUT2D eigenvalue weighted by molar-refractivity contribution is 5.74. The highest BCUT2D eigenvalue weighted by Crippen LogP contribution is 2.48. The molecule has 0 spiro atoms. The Bertz CT molecular complexity index is 583. The van der Waals surface area contributed by atoms with E-state index >= 15 is 0 Å². The lowest BCUT2D eigenvalue weighted by molar-refractivity contribution is 0.181. The van der Waals surface area contributed by atoms with Gasteiger partial charge in [0.15, 0.2) is 0 Å². The summed E-state index contributed by atoms with van der Waals surface area (Å²) < 4.78 is 5.12. The summed E-state index contributed by atoms with van der Waals surface area (Å²) in [6.45, 7) is 4.56. The minimum Gasteiger partial charge on any atom is -0.481 e. The lowest BCUT2D eigenvalue weighted by Crippen LogP contribution is -2.48. The van der Waals surface area contributed by atoms with Crippen LogP contribution in [0.3, 0.4) is 0 Å². The topological polar surface area (TPSA) is 79.4 Å². The first-order valence-corrected chi connectivity index (χ1v) is 9.30. The fourth-order valence-electron chi connectivity index (χ4n) is 3.53. The van der Waals surface area contributed by atoms with Gasteiger partial charge in [-0.3, -0.25) is 0 Å². The molecule has 1 aromatic heterocycles. The molecule has 0 unspecified atom stereocenters. The Hall–Kier alpha value is -2.05. The summed E-state index contributed by atoms with van der Waals surface area (Å²) in [5.41, 5.74) is 0.397. The van der Waals surface area contributed by atoms with E-state index in [1.54, 1.807) is 19.4 Å². The molecule has 7 heteroatoms. The molecule has 0 radical (unpaired) electrons. The fraction of sp³-hybridized carbons (Fsp3) is 0.722. The van der Waals surface area contributed by atoms with Crippen molar-refractivity contribution in [2.75, 3.05) is 32.1 Å². The van der Waals surface area contributed by atoms with Gasteiger partial charge in [0.2, 0.25) is 11.8 Å². The largest absolute Gasteiger partial charge is 0.481 e. The number of nitrogens with zero attached hydrogens (tertiary/aromatic N) is 3. The average Bonchev–Trinajstić information content (AvgIpc) is 3.41. The van der Waals surface area contributed by atoms with Crippen LogP contribution < -0.4 is 15.4 Å². The van der Waals surface area contributed by atoms with Crippen LogP contribution in [-0.4, -0.2) is 53.7 Å². The molecule has 1 aliphatic heterocycles. The molecule has 2 N–H and O–H groups in total. The molecule has 2 aliphatic rings. The van der Waals surface area contributed by atoms with Gasteiger partial charge in [0, 0.05) is 37.9 Å². The number of carbonyl (C=O) groups is 1. The third-order valence-electron chi connectivity index (χ3n) is 5.31. The molecule has 1 aliphatic carbocycles. The molecule has 7 nitrogen and oxygen atoms in total. The van der Waals surface area contributed by atoms with Crippen LogP contribution in [0.4, 0.5) is 10.7 Å². The normalized spacial score (nSPS) is 19.4.